The van der Waals surface area contributed by atoms with Crippen LogP contribution in [0.1, 0.15) is 32.4 Å². The number of halogens is 1. The maximum atomic E-state index is 12.1. The fourth-order valence-electron chi connectivity index (χ4n) is 1.69. The molecule has 0 amide bonds. The van der Waals surface area contributed by atoms with E-state index in [2.05, 4.69) is 39.4 Å². The molecule has 0 spiro atoms. The second kappa shape index (κ2) is 8.28. The molecule has 0 bridgehead atoms. The predicted molar refractivity (Wildman–Crippen MR) is 84.5 cm³/mol. The number of furan rings is 1. The molecule has 1 heterocycles. The number of rotatable bonds is 9. The van der Waals surface area contributed by atoms with Gasteiger partial charge in [0.05, 0.1) is 0 Å². The van der Waals surface area contributed by atoms with Crippen molar-refractivity contribution in [3.63, 3.8) is 0 Å². The van der Waals surface area contributed by atoms with Crippen molar-refractivity contribution < 1.29 is 17.9 Å². The van der Waals surface area contributed by atoms with Gasteiger partial charge in [-0.25, -0.2) is 13.1 Å². The summed E-state index contributed by atoms with van der Waals surface area (Å²) >= 11 is 3.05. The number of nitrogens with one attached hydrogen (secondary N) is 1. The number of nitrogens with zero attached hydrogens (tertiary/aromatic N) is 1. The maximum Gasteiger partial charge on any atom is 0.244 e. The number of hydrogen-bond donors (Lipinski definition) is 2. The molecule has 0 aliphatic rings. The normalized spacial score (nSPS) is 12.5. The number of sulfonamides is 1. The molecular weight excluding hydrogens is 360 g/mol. The van der Waals surface area contributed by atoms with Gasteiger partial charge in [-0.3, -0.25) is 0 Å². The Balaban J connectivity index is 2.45. The predicted octanol–water partition coefficient (Wildman–Crippen LogP) is 1.93. The molecule has 6 nitrogen and oxygen atoms in total. The van der Waals surface area contributed by atoms with E-state index in [1.807, 2.05) is 7.05 Å². The van der Waals surface area contributed by atoms with Crippen LogP contribution in [0, 0.1) is 0 Å². The van der Waals surface area contributed by atoms with Crippen LogP contribution in [0.3, 0.4) is 0 Å². The molecule has 0 fully saturated rings. The molecule has 1 aromatic heterocycles. The molecule has 0 unspecified atom stereocenters. The van der Waals surface area contributed by atoms with E-state index in [-0.39, 0.29) is 21.9 Å². The maximum absolute atomic E-state index is 12.1. The van der Waals surface area contributed by atoms with Crippen molar-refractivity contribution in [2.24, 2.45) is 0 Å². The lowest BCUT2D eigenvalue weighted by atomic mass is 10.2. The van der Waals surface area contributed by atoms with Crippen LogP contribution < -0.4 is 4.72 Å². The van der Waals surface area contributed by atoms with E-state index in [9.17, 15) is 8.42 Å². The van der Waals surface area contributed by atoms with Crippen molar-refractivity contribution in [3.05, 3.63) is 16.5 Å². The Kier molecular flexibility index (Phi) is 7.35. The SMILES string of the molecule is CC(C)N(C)CCCCNS(=O)(=O)c1cc(CO)oc1Br. The molecule has 0 saturated carbocycles. The Morgan fingerprint density at radius 3 is 2.62 bits per heavy atom. The first-order valence-corrected chi connectivity index (χ1v) is 9.14. The first kappa shape index (κ1) is 18.6. The zero-order valence-electron chi connectivity index (χ0n) is 12.6. The third-order valence-corrected chi connectivity index (χ3v) is 5.58. The van der Waals surface area contributed by atoms with Gasteiger partial charge in [-0.1, -0.05) is 0 Å². The third kappa shape index (κ3) is 5.71. The Labute approximate surface area is 134 Å². The third-order valence-electron chi connectivity index (χ3n) is 3.26. The summed E-state index contributed by atoms with van der Waals surface area (Å²) in [4.78, 5) is 2.24. The Morgan fingerprint density at radius 1 is 1.43 bits per heavy atom. The van der Waals surface area contributed by atoms with Gasteiger partial charge >= 0.3 is 0 Å². The van der Waals surface area contributed by atoms with Gasteiger partial charge in [-0.05, 0) is 56.2 Å². The summed E-state index contributed by atoms with van der Waals surface area (Å²) in [5.41, 5.74) is 0. The van der Waals surface area contributed by atoms with Crippen molar-refractivity contribution in [2.75, 3.05) is 20.1 Å². The molecule has 0 radical (unpaired) electrons. The molecule has 0 aliphatic carbocycles. The van der Waals surface area contributed by atoms with Gasteiger partial charge in [0.25, 0.3) is 0 Å². The van der Waals surface area contributed by atoms with E-state index >= 15 is 0 Å². The van der Waals surface area contributed by atoms with Crippen molar-refractivity contribution >= 4 is 26.0 Å². The summed E-state index contributed by atoms with van der Waals surface area (Å²) in [6.07, 6.45) is 1.68. The average Bonchev–Trinajstić information content (AvgIpc) is 2.80. The molecule has 1 aromatic rings. The lowest BCUT2D eigenvalue weighted by Crippen LogP contribution is -2.29. The Hall–Kier alpha value is -0.410. The average molecular weight is 383 g/mol. The molecule has 0 atom stereocenters. The number of hydrogen-bond acceptors (Lipinski definition) is 5. The van der Waals surface area contributed by atoms with Crippen molar-refractivity contribution in [2.45, 2.75) is 44.2 Å². The van der Waals surface area contributed by atoms with Crippen LogP contribution in [0.5, 0.6) is 0 Å². The summed E-state index contributed by atoms with van der Waals surface area (Å²) < 4.78 is 31.9. The monoisotopic (exact) mass is 382 g/mol. The number of aliphatic hydroxyl groups excluding tert-OH is 1. The molecule has 0 aromatic carbocycles. The highest BCUT2D eigenvalue weighted by atomic mass is 79.9. The zero-order chi connectivity index (χ0) is 16.0. The minimum atomic E-state index is -3.61. The largest absolute Gasteiger partial charge is 0.450 e. The van der Waals surface area contributed by atoms with E-state index in [4.69, 9.17) is 9.52 Å². The summed E-state index contributed by atoms with van der Waals surface area (Å²) in [7, 11) is -1.56. The molecule has 122 valence electrons. The second-order valence-corrected chi connectivity index (χ2v) is 7.64. The summed E-state index contributed by atoms with van der Waals surface area (Å²) in [5, 5.41) is 8.95. The second-order valence-electron chi connectivity index (χ2n) is 5.19. The quantitative estimate of drug-likeness (QED) is 0.637. The highest BCUT2D eigenvalue weighted by molar-refractivity contribution is 9.10. The van der Waals surface area contributed by atoms with Gasteiger partial charge in [0, 0.05) is 18.7 Å². The highest BCUT2D eigenvalue weighted by Gasteiger charge is 2.21. The lowest BCUT2D eigenvalue weighted by molar-refractivity contribution is 0.245. The minimum absolute atomic E-state index is 0.0193. The topological polar surface area (TPSA) is 82.8 Å². The van der Waals surface area contributed by atoms with Gasteiger partial charge in [-0.15, -0.1) is 0 Å². The van der Waals surface area contributed by atoms with E-state index in [1.165, 1.54) is 6.07 Å². The number of aliphatic hydroxyl groups is 1. The zero-order valence-corrected chi connectivity index (χ0v) is 15.0. The molecule has 0 aliphatic heterocycles. The first-order valence-electron chi connectivity index (χ1n) is 6.87. The van der Waals surface area contributed by atoms with E-state index in [0.29, 0.717) is 12.6 Å². The van der Waals surface area contributed by atoms with Crippen molar-refractivity contribution in [1.82, 2.24) is 9.62 Å². The van der Waals surface area contributed by atoms with Gasteiger partial charge in [-0.2, -0.15) is 0 Å². The van der Waals surface area contributed by atoms with Gasteiger partial charge in [0.2, 0.25) is 10.0 Å². The fourth-order valence-corrected chi connectivity index (χ4v) is 3.76. The summed E-state index contributed by atoms with van der Waals surface area (Å²) in [5.74, 6) is 0.209. The van der Waals surface area contributed by atoms with Gasteiger partial charge in [0.15, 0.2) is 4.67 Å². The first-order chi connectivity index (χ1) is 9.77. The van der Waals surface area contributed by atoms with Crippen LogP contribution >= 0.6 is 15.9 Å². The van der Waals surface area contributed by atoms with Gasteiger partial charge in [0.1, 0.15) is 17.3 Å². The Morgan fingerprint density at radius 2 is 2.10 bits per heavy atom. The van der Waals surface area contributed by atoms with E-state index < -0.39 is 10.0 Å². The van der Waals surface area contributed by atoms with Crippen molar-refractivity contribution in [1.29, 1.82) is 0 Å². The smallest absolute Gasteiger partial charge is 0.244 e. The molecule has 1 rings (SSSR count). The van der Waals surface area contributed by atoms with Crippen LogP contribution in [-0.2, 0) is 16.6 Å². The summed E-state index contributed by atoms with van der Waals surface area (Å²) in [6, 6.07) is 1.80. The lowest BCUT2D eigenvalue weighted by Gasteiger charge is -2.20. The standard InChI is InChI=1S/C13H23BrN2O4S/c1-10(2)16(3)7-5-4-6-15-21(18,19)12-8-11(9-17)20-13(12)14/h8,10,15,17H,4-7,9H2,1-3H3. The highest BCUT2D eigenvalue weighted by Crippen LogP contribution is 2.25. The van der Waals surface area contributed by atoms with Crippen LogP contribution in [0.25, 0.3) is 0 Å². The molecule has 21 heavy (non-hydrogen) atoms. The van der Waals surface area contributed by atoms with E-state index in [0.717, 1.165) is 19.4 Å². The number of unbranched alkanes of at least 4 members (excludes halogenated alkanes) is 1. The van der Waals surface area contributed by atoms with Crippen molar-refractivity contribution in [3.8, 4) is 0 Å². The fraction of sp³-hybridized carbons (Fsp3) is 0.692. The van der Waals surface area contributed by atoms with Crippen LogP contribution in [0.15, 0.2) is 20.0 Å². The summed E-state index contributed by atoms with van der Waals surface area (Å²) in [6.45, 7) is 5.22. The van der Waals surface area contributed by atoms with Crippen LogP contribution in [0.4, 0.5) is 0 Å². The Bertz CT molecular complexity index is 542. The molecular formula is C13H23BrN2O4S. The van der Waals surface area contributed by atoms with Crippen LogP contribution in [0.2, 0.25) is 0 Å². The molecule has 2 N–H and O–H groups in total. The molecule has 0 saturated heterocycles. The van der Waals surface area contributed by atoms with E-state index in [1.54, 1.807) is 0 Å². The van der Waals surface area contributed by atoms with Crippen LogP contribution in [-0.4, -0.2) is 44.6 Å². The van der Waals surface area contributed by atoms with Gasteiger partial charge < -0.3 is 14.4 Å². The molecule has 8 heteroatoms. The minimum Gasteiger partial charge on any atom is -0.450 e.